The number of aliphatic hydroxyl groups excluding tert-OH is 2. The van der Waals surface area contributed by atoms with Crippen LogP contribution in [-0.4, -0.2) is 47.5 Å². The van der Waals surface area contributed by atoms with Crippen molar-refractivity contribution in [2.75, 3.05) is 19.8 Å². The average molecular weight is 202 g/mol. The Morgan fingerprint density at radius 2 is 2.21 bits per heavy atom. The van der Waals surface area contributed by atoms with Gasteiger partial charge in [0.15, 0.2) is 0 Å². The summed E-state index contributed by atoms with van der Waals surface area (Å²) in [7, 11) is 0. The molecule has 82 valence electrons. The second kappa shape index (κ2) is 4.72. The van der Waals surface area contributed by atoms with Gasteiger partial charge in [0.1, 0.15) is 0 Å². The number of rotatable bonds is 4. The molecular formula is C9H18N2O3. The van der Waals surface area contributed by atoms with Gasteiger partial charge in [0.2, 0.25) is 5.91 Å². The van der Waals surface area contributed by atoms with Crippen LogP contribution in [0.5, 0.6) is 0 Å². The van der Waals surface area contributed by atoms with Crippen LogP contribution in [0, 0.1) is 0 Å². The van der Waals surface area contributed by atoms with E-state index in [1.165, 1.54) is 0 Å². The van der Waals surface area contributed by atoms with Gasteiger partial charge in [0.25, 0.3) is 0 Å². The van der Waals surface area contributed by atoms with E-state index in [2.05, 4.69) is 10.6 Å². The Bertz CT molecular complexity index is 198. The van der Waals surface area contributed by atoms with Crippen molar-refractivity contribution in [1.29, 1.82) is 0 Å². The topological polar surface area (TPSA) is 81.6 Å². The van der Waals surface area contributed by atoms with Gasteiger partial charge >= 0.3 is 0 Å². The van der Waals surface area contributed by atoms with E-state index in [0.717, 1.165) is 19.4 Å². The van der Waals surface area contributed by atoms with Crippen LogP contribution in [0.15, 0.2) is 0 Å². The molecule has 0 bridgehead atoms. The van der Waals surface area contributed by atoms with Crippen LogP contribution in [0.1, 0.15) is 19.8 Å². The second-order valence-corrected chi connectivity index (χ2v) is 4.02. The molecule has 1 heterocycles. The molecule has 1 fully saturated rings. The number of amides is 1. The molecule has 1 saturated heterocycles. The molecule has 1 rings (SSSR count). The monoisotopic (exact) mass is 202 g/mol. The quantitative estimate of drug-likeness (QED) is 0.452. The van der Waals surface area contributed by atoms with Crippen molar-refractivity contribution in [3.05, 3.63) is 0 Å². The van der Waals surface area contributed by atoms with Gasteiger partial charge in [-0.2, -0.15) is 0 Å². The third-order valence-corrected chi connectivity index (χ3v) is 2.50. The molecule has 0 spiro atoms. The molecule has 1 aliphatic heterocycles. The van der Waals surface area contributed by atoms with E-state index in [0.29, 0.717) is 0 Å². The SMILES string of the molecule is CC(CO)(CO)NC(=O)[C@H]1CCCN1. The Morgan fingerprint density at radius 1 is 1.57 bits per heavy atom. The van der Waals surface area contributed by atoms with E-state index in [1.807, 2.05) is 0 Å². The Kier molecular flexibility index (Phi) is 3.86. The third kappa shape index (κ3) is 2.67. The first-order valence-electron chi connectivity index (χ1n) is 4.88. The highest BCUT2D eigenvalue weighted by Gasteiger charge is 2.29. The Labute approximate surface area is 83.5 Å². The zero-order valence-corrected chi connectivity index (χ0v) is 8.42. The number of hydrogen-bond donors (Lipinski definition) is 4. The zero-order chi connectivity index (χ0) is 10.6. The molecule has 0 unspecified atom stereocenters. The van der Waals surface area contributed by atoms with Crippen LogP contribution < -0.4 is 10.6 Å². The molecule has 5 heteroatoms. The number of hydrogen-bond acceptors (Lipinski definition) is 4. The first-order valence-corrected chi connectivity index (χ1v) is 4.88. The molecule has 4 N–H and O–H groups in total. The zero-order valence-electron chi connectivity index (χ0n) is 8.42. The molecule has 5 nitrogen and oxygen atoms in total. The van der Waals surface area contributed by atoms with E-state index >= 15 is 0 Å². The fraction of sp³-hybridized carbons (Fsp3) is 0.889. The maximum atomic E-state index is 11.6. The molecule has 0 aromatic heterocycles. The smallest absolute Gasteiger partial charge is 0.237 e. The minimum absolute atomic E-state index is 0.145. The van der Waals surface area contributed by atoms with Crippen molar-refractivity contribution in [1.82, 2.24) is 10.6 Å². The van der Waals surface area contributed by atoms with Gasteiger partial charge in [-0.05, 0) is 26.3 Å². The van der Waals surface area contributed by atoms with Crippen LogP contribution >= 0.6 is 0 Å². The largest absolute Gasteiger partial charge is 0.394 e. The van der Waals surface area contributed by atoms with Gasteiger partial charge in [0, 0.05) is 0 Å². The van der Waals surface area contributed by atoms with Crippen molar-refractivity contribution >= 4 is 5.91 Å². The first kappa shape index (κ1) is 11.4. The summed E-state index contributed by atoms with van der Waals surface area (Å²) in [4.78, 5) is 11.6. The summed E-state index contributed by atoms with van der Waals surface area (Å²) in [5.74, 6) is -0.145. The predicted octanol–water partition coefficient (Wildman–Crippen LogP) is -1.40. The molecule has 1 aliphatic rings. The summed E-state index contributed by atoms with van der Waals surface area (Å²) in [6, 6.07) is -0.174. The molecule has 1 amide bonds. The van der Waals surface area contributed by atoms with E-state index in [1.54, 1.807) is 6.92 Å². The van der Waals surface area contributed by atoms with Crippen LogP contribution in [-0.2, 0) is 4.79 Å². The second-order valence-electron chi connectivity index (χ2n) is 4.02. The van der Waals surface area contributed by atoms with Gasteiger partial charge in [-0.15, -0.1) is 0 Å². The summed E-state index contributed by atoms with van der Waals surface area (Å²) in [5.41, 5.74) is -0.915. The lowest BCUT2D eigenvalue weighted by Crippen LogP contribution is -2.56. The summed E-state index contributed by atoms with van der Waals surface area (Å²) in [5, 5.41) is 23.6. The summed E-state index contributed by atoms with van der Waals surface area (Å²) < 4.78 is 0. The lowest BCUT2D eigenvalue weighted by atomic mass is 10.0. The molecule has 1 atom stereocenters. The maximum absolute atomic E-state index is 11.6. The average Bonchev–Trinajstić information content (AvgIpc) is 2.70. The van der Waals surface area contributed by atoms with Crippen LogP contribution in [0.2, 0.25) is 0 Å². The van der Waals surface area contributed by atoms with Crippen molar-refractivity contribution in [3.63, 3.8) is 0 Å². The van der Waals surface area contributed by atoms with Crippen LogP contribution in [0.25, 0.3) is 0 Å². The molecular weight excluding hydrogens is 184 g/mol. The number of aliphatic hydroxyl groups is 2. The fourth-order valence-corrected chi connectivity index (χ4v) is 1.42. The number of carbonyl (C=O) groups excluding carboxylic acids is 1. The number of carbonyl (C=O) groups is 1. The van der Waals surface area contributed by atoms with Gasteiger partial charge in [0.05, 0.1) is 24.8 Å². The fourth-order valence-electron chi connectivity index (χ4n) is 1.42. The van der Waals surface area contributed by atoms with E-state index < -0.39 is 5.54 Å². The summed E-state index contributed by atoms with van der Waals surface area (Å²) >= 11 is 0. The van der Waals surface area contributed by atoms with Gasteiger partial charge < -0.3 is 20.8 Å². The van der Waals surface area contributed by atoms with Gasteiger partial charge in [-0.3, -0.25) is 4.79 Å². The summed E-state index contributed by atoms with van der Waals surface area (Å²) in [6.45, 7) is 1.94. The Hall–Kier alpha value is -0.650. The van der Waals surface area contributed by atoms with Crippen molar-refractivity contribution in [2.24, 2.45) is 0 Å². The van der Waals surface area contributed by atoms with Crippen LogP contribution in [0.3, 0.4) is 0 Å². The van der Waals surface area contributed by atoms with E-state index in [4.69, 9.17) is 10.2 Å². The van der Waals surface area contributed by atoms with Crippen LogP contribution in [0.4, 0.5) is 0 Å². The lowest BCUT2D eigenvalue weighted by molar-refractivity contribution is -0.125. The standard InChI is InChI=1S/C9H18N2O3/c1-9(5-12,6-13)11-8(14)7-3-2-4-10-7/h7,10,12-13H,2-6H2,1H3,(H,11,14)/t7-/m1/s1. The minimum Gasteiger partial charge on any atom is -0.394 e. The molecule has 0 aromatic rings. The highest BCUT2D eigenvalue weighted by molar-refractivity contribution is 5.82. The number of nitrogens with one attached hydrogen (secondary N) is 2. The van der Waals surface area contributed by atoms with Crippen molar-refractivity contribution in [3.8, 4) is 0 Å². The predicted molar refractivity (Wildman–Crippen MR) is 51.7 cm³/mol. The Morgan fingerprint density at radius 3 is 2.64 bits per heavy atom. The molecule has 0 aromatic carbocycles. The molecule has 0 radical (unpaired) electrons. The maximum Gasteiger partial charge on any atom is 0.237 e. The lowest BCUT2D eigenvalue weighted by Gasteiger charge is -2.27. The molecule has 14 heavy (non-hydrogen) atoms. The minimum atomic E-state index is -0.915. The Balaban J connectivity index is 2.45. The van der Waals surface area contributed by atoms with Gasteiger partial charge in [-0.1, -0.05) is 0 Å². The normalized spacial score (nSPS) is 22.4. The third-order valence-electron chi connectivity index (χ3n) is 2.50. The molecule has 0 aliphatic carbocycles. The van der Waals surface area contributed by atoms with E-state index in [9.17, 15) is 4.79 Å². The van der Waals surface area contributed by atoms with Crippen molar-refractivity contribution < 1.29 is 15.0 Å². The highest BCUT2D eigenvalue weighted by Crippen LogP contribution is 2.07. The molecule has 0 saturated carbocycles. The first-order chi connectivity index (χ1) is 6.61. The van der Waals surface area contributed by atoms with Crippen molar-refractivity contribution in [2.45, 2.75) is 31.3 Å². The summed E-state index contributed by atoms with van der Waals surface area (Å²) in [6.07, 6.45) is 1.81. The highest BCUT2D eigenvalue weighted by atomic mass is 16.3. The van der Waals surface area contributed by atoms with E-state index in [-0.39, 0.29) is 25.2 Å². The van der Waals surface area contributed by atoms with Gasteiger partial charge in [-0.25, -0.2) is 0 Å².